The van der Waals surface area contributed by atoms with Gasteiger partial charge >= 0.3 is 6.18 Å². The van der Waals surface area contributed by atoms with Crippen LogP contribution < -0.4 is 5.32 Å². The van der Waals surface area contributed by atoms with Crippen molar-refractivity contribution in [1.82, 2.24) is 9.62 Å². The first-order valence-corrected chi connectivity index (χ1v) is 9.43. The van der Waals surface area contributed by atoms with E-state index in [4.69, 9.17) is 11.6 Å². The number of hydrogen-bond acceptors (Lipinski definition) is 3. The molecule has 0 aliphatic carbocycles. The maximum absolute atomic E-state index is 12.7. The lowest BCUT2D eigenvalue weighted by Gasteiger charge is -2.31. The van der Waals surface area contributed by atoms with E-state index >= 15 is 0 Å². The van der Waals surface area contributed by atoms with Gasteiger partial charge in [-0.25, -0.2) is 8.42 Å². The fraction of sp³-hybridized carbons (Fsp3) is 0.533. The van der Waals surface area contributed by atoms with Crippen LogP contribution >= 0.6 is 11.6 Å². The first-order valence-electron chi connectivity index (χ1n) is 7.61. The summed E-state index contributed by atoms with van der Waals surface area (Å²) in [6, 6.07) is 4.56. The van der Waals surface area contributed by atoms with Gasteiger partial charge in [-0.1, -0.05) is 17.7 Å². The minimum absolute atomic E-state index is 0.0678. The minimum Gasteiger partial charge on any atom is -0.347 e. The molecule has 2 rings (SSSR count). The summed E-state index contributed by atoms with van der Waals surface area (Å²) in [5.41, 5.74) is 0.550. The lowest BCUT2D eigenvalue weighted by molar-refractivity contribution is -0.141. The van der Waals surface area contributed by atoms with Crippen LogP contribution in [0.3, 0.4) is 0 Å². The number of nitrogens with zero attached hydrogens (tertiary/aromatic N) is 1. The molecule has 1 aliphatic heterocycles. The van der Waals surface area contributed by atoms with E-state index in [0.717, 1.165) is 0 Å². The van der Waals surface area contributed by atoms with Crippen molar-refractivity contribution in [2.45, 2.75) is 30.8 Å². The van der Waals surface area contributed by atoms with E-state index in [1.165, 1.54) is 10.4 Å². The number of alkyl halides is 3. The van der Waals surface area contributed by atoms with Crippen molar-refractivity contribution in [1.29, 1.82) is 0 Å². The van der Waals surface area contributed by atoms with E-state index in [9.17, 15) is 26.4 Å². The molecule has 1 fully saturated rings. The fourth-order valence-electron chi connectivity index (χ4n) is 2.68. The predicted molar refractivity (Wildman–Crippen MR) is 86.7 cm³/mol. The van der Waals surface area contributed by atoms with Crippen molar-refractivity contribution in [3.8, 4) is 0 Å². The van der Waals surface area contributed by atoms with Crippen molar-refractivity contribution < 1.29 is 26.4 Å². The molecule has 140 valence electrons. The van der Waals surface area contributed by atoms with Gasteiger partial charge in [0, 0.05) is 24.0 Å². The molecule has 0 atom stereocenters. The molecule has 0 unspecified atom stereocenters. The van der Waals surface area contributed by atoms with E-state index in [2.05, 4.69) is 0 Å². The van der Waals surface area contributed by atoms with Gasteiger partial charge in [-0.15, -0.1) is 0 Å². The van der Waals surface area contributed by atoms with Crippen molar-refractivity contribution in [3.05, 3.63) is 28.8 Å². The number of hydrogen-bond donors (Lipinski definition) is 1. The van der Waals surface area contributed by atoms with E-state index in [0.29, 0.717) is 10.6 Å². The first kappa shape index (κ1) is 20.0. The Morgan fingerprint density at radius 2 is 1.92 bits per heavy atom. The van der Waals surface area contributed by atoms with Crippen molar-refractivity contribution in [3.63, 3.8) is 0 Å². The monoisotopic (exact) mass is 398 g/mol. The number of halogens is 4. The predicted octanol–water partition coefficient (Wildman–Crippen LogP) is 2.73. The number of piperidine rings is 1. The summed E-state index contributed by atoms with van der Waals surface area (Å²) >= 11 is 5.87. The van der Waals surface area contributed by atoms with E-state index < -0.39 is 34.6 Å². The van der Waals surface area contributed by atoms with E-state index in [1.54, 1.807) is 19.1 Å². The highest BCUT2D eigenvalue weighted by molar-refractivity contribution is 7.89. The number of carbonyl (C=O) groups is 1. The van der Waals surface area contributed by atoms with E-state index in [-0.39, 0.29) is 30.8 Å². The molecule has 1 aromatic rings. The van der Waals surface area contributed by atoms with Crippen LogP contribution in [0.15, 0.2) is 23.1 Å². The van der Waals surface area contributed by atoms with Crippen LogP contribution in [-0.2, 0) is 14.8 Å². The molecule has 1 heterocycles. The topological polar surface area (TPSA) is 66.5 Å². The maximum atomic E-state index is 12.7. The Kier molecular flexibility index (Phi) is 6.01. The molecule has 0 bridgehead atoms. The Balaban J connectivity index is 2.02. The van der Waals surface area contributed by atoms with Crippen LogP contribution in [0.5, 0.6) is 0 Å². The molecule has 10 heteroatoms. The normalized spacial score (nSPS) is 17.5. The van der Waals surface area contributed by atoms with Gasteiger partial charge in [0.15, 0.2) is 0 Å². The van der Waals surface area contributed by atoms with Crippen LogP contribution in [0, 0.1) is 12.8 Å². The average Bonchev–Trinajstić information content (AvgIpc) is 2.54. The molecule has 0 saturated carbocycles. The summed E-state index contributed by atoms with van der Waals surface area (Å²) in [6.07, 6.45) is -4.13. The minimum atomic E-state index is -4.47. The second kappa shape index (κ2) is 7.51. The molecule has 0 radical (unpaired) electrons. The summed E-state index contributed by atoms with van der Waals surface area (Å²) in [7, 11) is -3.76. The quantitative estimate of drug-likeness (QED) is 0.848. The highest BCUT2D eigenvalue weighted by Gasteiger charge is 2.34. The molecule has 1 N–H and O–H groups in total. The molecular formula is C15H18ClF3N2O3S. The van der Waals surface area contributed by atoms with Crippen molar-refractivity contribution in [2.75, 3.05) is 19.6 Å². The third kappa shape index (κ3) is 5.08. The van der Waals surface area contributed by atoms with Crippen molar-refractivity contribution in [2.24, 2.45) is 5.92 Å². The number of benzene rings is 1. The van der Waals surface area contributed by atoms with Gasteiger partial charge in [-0.3, -0.25) is 4.79 Å². The Bertz CT molecular complexity index is 745. The Labute approximate surface area is 149 Å². The molecule has 1 aliphatic rings. The Morgan fingerprint density at radius 1 is 1.32 bits per heavy atom. The van der Waals surface area contributed by atoms with Gasteiger partial charge in [0.2, 0.25) is 15.9 Å². The summed E-state index contributed by atoms with van der Waals surface area (Å²) in [4.78, 5) is 11.9. The number of nitrogens with one attached hydrogen (secondary N) is 1. The number of aryl methyl sites for hydroxylation is 1. The fourth-order valence-corrected chi connectivity index (χ4v) is 4.64. The molecule has 0 aromatic heterocycles. The van der Waals surface area contributed by atoms with Crippen molar-refractivity contribution >= 4 is 27.5 Å². The van der Waals surface area contributed by atoms with Gasteiger partial charge in [-0.2, -0.15) is 17.5 Å². The summed E-state index contributed by atoms with van der Waals surface area (Å²) < 4.78 is 63.1. The highest BCUT2D eigenvalue weighted by Crippen LogP contribution is 2.27. The van der Waals surface area contributed by atoms with E-state index in [1.807, 2.05) is 5.32 Å². The SMILES string of the molecule is Cc1ccc(Cl)cc1S(=O)(=O)N1CCC(C(=O)NCC(F)(F)F)CC1. The lowest BCUT2D eigenvalue weighted by atomic mass is 9.97. The zero-order valence-corrected chi connectivity index (χ0v) is 15.0. The van der Waals surface area contributed by atoms with Crippen LogP contribution in [0.4, 0.5) is 13.2 Å². The molecule has 25 heavy (non-hydrogen) atoms. The largest absolute Gasteiger partial charge is 0.405 e. The van der Waals surface area contributed by atoms with Gasteiger partial charge in [0.25, 0.3) is 0 Å². The summed E-state index contributed by atoms with van der Waals surface area (Å²) in [6.45, 7) is 0.406. The zero-order chi connectivity index (χ0) is 18.8. The number of carbonyl (C=O) groups excluding carboxylic acids is 1. The number of rotatable bonds is 4. The lowest BCUT2D eigenvalue weighted by Crippen LogP contribution is -2.44. The van der Waals surface area contributed by atoms with Gasteiger partial charge < -0.3 is 5.32 Å². The Morgan fingerprint density at radius 3 is 2.48 bits per heavy atom. The highest BCUT2D eigenvalue weighted by atomic mass is 35.5. The smallest absolute Gasteiger partial charge is 0.347 e. The standard InChI is InChI=1S/C15H18ClF3N2O3S/c1-10-2-3-12(16)8-13(10)25(23,24)21-6-4-11(5-7-21)14(22)20-9-15(17,18)19/h2-3,8,11H,4-7,9H2,1H3,(H,20,22). The number of sulfonamides is 1. The zero-order valence-electron chi connectivity index (χ0n) is 13.4. The van der Waals surface area contributed by atoms with Crippen LogP contribution in [0.2, 0.25) is 5.02 Å². The summed E-state index contributed by atoms with van der Waals surface area (Å²) in [5, 5.41) is 2.14. The molecular weight excluding hydrogens is 381 g/mol. The average molecular weight is 399 g/mol. The second-order valence-corrected chi connectivity index (χ2v) is 8.26. The van der Waals surface area contributed by atoms with Gasteiger partial charge in [0.1, 0.15) is 6.54 Å². The number of amides is 1. The van der Waals surface area contributed by atoms with Gasteiger partial charge in [0.05, 0.1) is 4.90 Å². The van der Waals surface area contributed by atoms with Crippen LogP contribution in [0.1, 0.15) is 18.4 Å². The first-order chi connectivity index (χ1) is 11.5. The summed E-state index contributed by atoms with van der Waals surface area (Å²) in [5.74, 6) is -1.33. The molecule has 1 saturated heterocycles. The third-order valence-electron chi connectivity index (χ3n) is 4.06. The molecule has 5 nitrogen and oxygen atoms in total. The maximum Gasteiger partial charge on any atom is 0.405 e. The van der Waals surface area contributed by atoms with Crippen LogP contribution in [-0.4, -0.2) is 44.4 Å². The van der Waals surface area contributed by atoms with Gasteiger partial charge in [-0.05, 0) is 37.5 Å². The molecule has 0 spiro atoms. The molecule has 1 aromatic carbocycles. The Hall–Kier alpha value is -1.32. The van der Waals surface area contributed by atoms with Crippen LogP contribution in [0.25, 0.3) is 0 Å². The second-order valence-electron chi connectivity index (χ2n) is 5.92. The molecule has 1 amide bonds. The third-order valence-corrected chi connectivity index (χ3v) is 6.33.